The zero-order valence-electron chi connectivity index (χ0n) is 19.6. The molecule has 12 nitrogen and oxygen atoms in total. The van der Waals surface area contributed by atoms with Crippen LogP contribution in [0.3, 0.4) is 0 Å². The summed E-state index contributed by atoms with van der Waals surface area (Å²) < 4.78 is 0. The van der Waals surface area contributed by atoms with E-state index in [0.717, 1.165) is 36.4 Å². The summed E-state index contributed by atoms with van der Waals surface area (Å²) >= 11 is 0. The van der Waals surface area contributed by atoms with Crippen LogP contribution in [-0.4, -0.2) is 55.0 Å². The minimum absolute atomic E-state index is 0.0496. The van der Waals surface area contributed by atoms with Crippen molar-refractivity contribution in [3.63, 3.8) is 0 Å². The molecule has 2 aromatic carbocycles. The van der Waals surface area contributed by atoms with Gasteiger partial charge in [0, 0.05) is 12.6 Å². The number of phenolic OH excluding ortho intramolecular Hbond substituents is 6. The molecule has 192 valence electrons. The maximum absolute atomic E-state index is 12.5. The predicted octanol–water partition coefficient (Wildman–Crippen LogP) is 1.84. The molecule has 8 N–H and O–H groups in total. The maximum atomic E-state index is 12.5. The van der Waals surface area contributed by atoms with Crippen LogP contribution in [0.4, 0.5) is 0 Å². The standard InChI is InChI=1S/C25H24N4O8/c1-2-17(29-25(37)16(12-27)6-14-9-20(32)23(35)21(33)10-14)3-4-28-24(36)15(11-26)5-13-7-18(30)22(34)19(31)8-13/h5-10,17,30-35H,2-4H2,1H3,(H,28,36)(H,29,37). The molecule has 1 unspecified atom stereocenters. The molecular formula is C25H24N4O8. The second-order valence-electron chi connectivity index (χ2n) is 7.78. The lowest BCUT2D eigenvalue weighted by Crippen LogP contribution is -2.38. The second kappa shape index (κ2) is 12.4. The van der Waals surface area contributed by atoms with Crippen LogP contribution in [0.15, 0.2) is 35.4 Å². The summed E-state index contributed by atoms with van der Waals surface area (Å²) in [6, 6.07) is 7.21. The molecule has 0 saturated heterocycles. The monoisotopic (exact) mass is 508 g/mol. The number of phenols is 6. The Kier molecular flexibility index (Phi) is 9.32. The number of hydrogen-bond acceptors (Lipinski definition) is 10. The molecule has 0 bridgehead atoms. The first kappa shape index (κ1) is 27.9. The number of carbonyl (C=O) groups is 2. The number of aromatic hydroxyl groups is 6. The summed E-state index contributed by atoms with van der Waals surface area (Å²) in [4.78, 5) is 24.9. The molecule has 0 aliphatic carbocycles. The van der Waals surface area contributed by atoms with Crippen LogP contribution in [0.5, 0.6) is 34.5 Å². The second-order valence-corrected chi connectivity index (χ2v) is 7.78. The van der Waals surface area contributed by atoms with Crippen LogP contribution in [0.25, 0.3) is 12.2 Å². The van der Waals surface area contributed by atoms with Crippen molar-refractivity contribution >= 4 is 24.0 Å². The van der Waals surface area contributed by atoms with Crippen LogP contribution < -0.4 is 10.6 Å². The summed E-state index contributed by atoms with van der Waals surface area (Å²) in [5, 5.41) is 80.9. The third-order valence-corrected chi connectivity index (χ3v) is 5.14. The number of carbonyl (C=O) groups excluding carboxylic acids is 2. The van der Waals surface area contributed by atoms with Crippen molar-refractivity contribution < 1.29 is 40.2 Å². The largest absolute Gasteiger partial charge is 0.504 e. The molecular weight excluding hydrogens is 484 g/mol. The van der Waals surface area contributed by atoms with Gasteiger partial charge in [-0.15, -0.1) is 0 Å². The van der Waals surface area contributed by atoms with Gasteiger partial charge in [0.15, 0.2) is 34.5 Å². The first-order chi connectivity index (χ1) is 17.5. The molecule has 2 rings (SSSR count). The summed E-state index contributed by atoms with van der Waals surface area (Å²) in [6.45, 7) is 1.82. The molecule has 12 heteroatoms. The number of nitriles is 2. The molecule has 1 atom stereocenters. The molecule has 0 aliphatic heterocycles. The summed E-state index contributed by atoms with van der Waals surface area (Å²) in [5.41, 5.74) is -0.464. The van der Waals surface area contributed by atoms with Gasteiger partial charge in [-0.3, -0.25) is 9.59 Å². The van der Waals surface area contributed by atoms with Gasteiger partial charge in [0.2, 0.25) is 0 Å². The van der Waals surface area contributed by atoms with Crippen LogP contribution in [0.2, 0.25) is 0 Å². The van der Waals surface area contributed by atoms with Crippen LogP contribution >= 0.6 is 0 Å². The average Bonchev–Trinajstić information content (AvgIpc) is 2.86. The Morgan fingerprint density at radius 3 is 1.59 bits per heavy atom. The van der Waals surface area contributed by atoms with E-state index in [4.69, 9.17) is 0 Å². The van der Waals surface area contributed by atoms with Gasteiger partial charge in [0.05, 0.1) is 0 Å². The molecule has 0 saturated carbocycles. The van der Waals surface area contributed by atoms with Gasteiger partial charge in [-0.2, -0.15) is 10.5 Å². The quantitative estimate of drug-likeness (QED) is 0.139. The fourth-order valence-corrected chi connectivity index (χ4v) is 3.14. The number of nitrogens with one attached hydrogen (secondary N) is 2. The van der Waals surface area contributed by atoms with Gasteiger partial charge >= 0.3 is 0 Å². The molecule has 0 aliphatic rings. The molecule has 0 aromatic heterocycles. The number of hydrogen-bond donors (Lipinski definition) is 8. The maximum Gasteiger partial charge on any atom is 0.262 e. The third-order valence-electron chi connectivity index (χ3n) is 5.14. The van der Waals surface area contributed by atoms with Crippen LogP contribution in [0, 0.1) is 22.7 Å². The van der Waals surface area contributed by atoms with Crippen molar-refractivity contribution in [1.29, 1.82) is 10.5 Å². The van der Waals surface area contributed by atoms with E-state index in [1.165, 1.54) is 0 Å². The van der Waals surface area contributed by atoms with Crippen molar-refractivity contribution in [3.05, 3.63) is 46.5 Å². The molecule has 0 heterocycles. The Balaban J connectivity index is 2.02. The number of rotatable bonds is 9. The van der Waals surface area contributed by atoms with Gasteiger partial charge in [-0.05, 0) is 60.4 Å². The smallest absolute Gasteiger partial charge is 0.262 e. The summed E-state index contributed by atoms with van der Waals surface area (Å²) in [6.07, 6.45) is 2.91. The number of amides is 2. The third kappa shape index (κ3) is 7.31. The van der Waals surface area contributed by atoms with Crippen molar-refractivity contribution in [2.45, 2.75) is 25.8 Å². The van der Waals surface area contributed by atoms with E-state index in [1.807, 2.05) is 0 Å². The Morgan fingerprint density at radius 2 is 1.22 bits per heavy atom. The highest BCUT2D eigenvalue weighted by molar-refractivity contribution is 6.02. The van der Waals surface area contributed by atoms with E-state index in [2.05, 4.69) is 10.6 Å². The summed E-state index contributed by atoms with van der Waals surface area (Å²) in [5.74, 6) is -5.47. The van der Waals surface area contributed by atoms with Gasteiger partial charge in [-0.25, -0.2) is 0 Å². The van der Waals surface area contributed by atoms with Gasteiger partial charge in [0.1, 0.15) is 23.3 Å². The highest BCUT2D eigenvalue weighted by atomic mass is 16.3. The molecule has 0 radical (unpaired) electrons. The highest BCUT2D eigenvalue weighted by Crippen LogP contribution is 2.36. The Hall–Kier alpha value is -5.36. The molecule has 0 fully saturated rings. The minimum Gasteiger partial charge on any atom is -0.504 e. The molecule has 0 spiro atoms. The van der Waals surface area contributed by atoms with E-state index in [0.29, 0.717) is 6.42 Å². The van der Waals surface area contributed by atoms with Crippen molar-refractivity contribution in [3.8, 4) is 46.6 Å². The van der Waals surface area contributed by atoms with E-state index in [1.54, 1.807) is 19.1 Å². The normalized spacial score (nSPS) is 12.2. The molecule has 37 heavy (non-hydrogen) atoms. The lowest BCUT2D eigenvalue weighted by molar-refractivity contribution is -0.117. The Labute approximate surface area is 211 Å². The van der Waals surface area contributed by atoms with Crippen molar-refractivity contribution in [2.75, 3.05) is 6.54 Å². The van der Waals surface area contributed by atoms with E-state index in [-0.39, 0.29) is 35.2 Å². The first-order valence-corrected chi connectivity index (χ1v) is 10.8. The lowest BCUT2D eigenvalue weighted by Gasteiger charge is -2.17. The fraction of sp³-hybridized carbons (Fsp3) is 0.200. The summed E-state index contributed by atoms with van der Waals surface area (Å²) in [7, 11) is 0. The number of nitrogens with zero attached hydrogens (tertiary/aromatic N) is 2. The number of benzene rings is 2. The lowest BCUT2D eigenvalue weighted by atomic mass is 10.1. The minimum atomic E-state index is -0.750. The van der Waals surface area contributed by atoms with E-state index < -0.39 is 52.4 Å². The Bertz CT molecular complexity index is 1310. The van der Waals surface area contributed by atoms with Crippen molar-refractivity contribution in [1.82, 2.24) is 10.6 Å². The van der Waals surface area contributed by atoms with Crippen LogP contribution in [0.1, 0.15) is 30.9 Å². The fourth-order valence-electron chi connectivity index (χ4n) is 3.14. The topological polar surface area (TPSA) is 227 Å². The van der Waals surface area contributed by atoms with Crippen molar-refractivity contribution in [2.24, 2.45) is 0 Å². The molecule has 2 aromatic rings. The average molecular weight is 508 g/mol. The van der Waals surface area contributed by atoms with Gasteiger partial charge in [0.25, 0.3) is 11.8 Å². The van der Waals surface area contributed by atoms with Gasteiger partial charge < -0.3 is 41.3 Å². The predicted molar refractivity (Wildman–Crippen MR) is 130 cm³/mol. The van der Waals surface area contributed by atoms with Crippen LogP contribution in [-0.2, 0) is 9.59 Å². The SMILES string of the molecule is CCC(CCNC(=O)C(C#N)=Cc1cc(O)c(O)c(O)c1)NC(=O)C(C#N)=Cc1cc(O)c(O)c(O)c1. The highest BCUT2D eigenvalue weighted by Gasteiger charge is 2.17. The van der Waals surface area contributed by atoms with Gasteiger partial charge in [-0.1, -0.05) is 6.92 Å². The first-order valence-electron chi connectivity index (χ1n) is 10.8. The zero-order chi connectivity index (χ0) is 27.7. The zero-order valence-corrected chi connectivity index (χ0v) is 19.6. The van der Waals surface area contributed by atoms with E-state index >= 15 is 0 Å². The Morgan fingerprint density at radius 1 is 0.811 bits per heavy atom. The molecule has 2 amide bonds. The van der Waals surface area contributed by atoms with E-state index in [9.17, 15) is 50.8 Å².